The second kappa shape index (κ2) is 12.2. The van der Waals surface area contributed by atoms with E-state index in [2.05, 4.69) is 45.2 Å². The number of hydrogen-bond donors (Lipinski definition) is 1. The van der Waals surface area contributed by atoms with Crippen LogP contribution in [0.5, 0.6) is 0 Å². The number of halogens is 1. The van der Waals surface area contributed by atoms with Gasteiger partial charge >= 0.3 is 0 Å². The largest absolute Gasteiger partial charge is 0.379 e. The third-order valence-corrected chi connectivity index (χ3v) is 7.13. The Morgan fingerprint density at radius 3 is 2.46 bits per heavy atom. The number of para-hydroxylation sites is 1. The summed E-state index contributed by atoms with van der Waals surface area (Å²) in [6.45, 7) is 5.81. The van der Waals surface area contributed by atoms with E-state index in [-0.39, 0.29) is 17.6 Å². The summed E-state index contributed by atoms with van der Waals surface area (Å²) in [7, 11) is 0. The van der Waals surface area contributed by atoms with Gasteiger partial charge < -0.3 is 14.6 Å². The molecule has 0 radical (unpaired) electrons. The van der Waals surface area contributed by atoms with Gasteiger partial charge in [0.05, 0.1) is 13.2 Å². The van der Waals surface area contributed by atoms with Crippen LogP contribution in [0.3, 0.4) is 0 Å². The van der Waals surface area contributed by atoms with Gasteiger partial charge in [0.25, 0.3) is 0 Å². The van der Waals surface area contributed by atoms with Gasteiger partial charge in [0.15, 0.2) is 0 Å². The van der Waals surface area contributed by atoms with Gasteiger partial charge in [-0.05, 0) is 47.9 Å². The van der Waals surface area contributed by atoms with E-state index in [4.69, 9.17) is 4.74 Å². The first-order chi connectivity index (χ1) is 18.2. The van der Waals surface area contributed by atoms with E-state index in [1.54, 1.807) is 12.1 Å². The lowest BCUT2D eigenvalue weighted by molar-refractivity contribution is -0.121. The first-order valence-corrected chi connectivity index (χ1v) is 13.1. The van der Waals surface area contributed by atoms with Crippen LogP contribution in [0.1, 0.15) is 35.4 Å². The molecule has 1 aliphatic rings. The molecule has 1 aromatic heterocycles. The minimum atomic E-state index is -0.276. The summed E-state index contributed by atoms with van der Waals surface area (Å²) in [5, 5.41) is 4.24. The first-order valence-electron chi connectivity index (χ1n) is 13.1. The van der Waals surface area contributed by atoms with E-state index in [0.29, 0.717) is 13.0 Å². The van der Waals surface area contributed by atoms with E-state index in [1.807, 2.05) is 30.3 Å². The Bertz CT molecular complexity index is 1300. The maximum absolute atomic E-state index is 13.8. The molecule has 1 fully saturated rings. The average molecular weight is 500 g/mol. The fraction of sp³-hybridized carbons (Fsp3) is 0.323. The molecule has 6 heteroatoms. The summed E-state index contributed by atoms with van der Waals surface area (Å²) >= 11 is 0. The molecule has 0 spiro atoms. The first kappa shape index (κ1) is 25.2. The molecule has 1 amide bonds. The topological polar surface area (TPSA) is 46.5 Å². The number of amides is 1. The molecule has 4 aromatic rings. The Kier molecular flexibility index (Phi) is 8.28. The molecule has 0 bridgehead atoms. The molecule has 2 heterocycles. The van der Waals surface area contributed by atoms with Gasteiger partial charge in [0.1, 0.15) is 5.82 Å². The Labute approximate surface area is 217 Å². The highest BCUT2D eigenvalue weighted by Gasteiger charge is 2.23. The normalized spacial score (nSPS) is 15.1. The Morgan fingerprint density at radius 2 is 1.68 bits per heavy atom. The molecule has 37 heavy (non-hydrogen) atoms. The Morgan fingerprint density at radius 1 is 0.946 bits per heavy atom. The van der Waals surface area contributed by atoms with Gasteiger partial charge in [-0.2, -0.15) is 0 Å². The fourth-order valence-corrected chi connectivity index (χ4v) is 5.18. The van der Waals surface area contributed by atoms with Gasteiger partial charge in [-0.25, -0.2) is 4.39 Å². The number of ether oxygens (including phenoxy) is 1. The van der Waals surface area contributed by atoms with E-state index < -0.39 is 0 Å². The Hall–Kier alpha value is -3.48. The second-order valence-corrected chi connectivity index (χ2v) is 9.68. The van der Waals surface area contributed by atoms with Crippen LogP contribution >= 0.6 is 0 Å². The van der Waals surface area contributed by atoms with Crippen molar-refractivity contribution in [3.63, 3.8) is 0 Å². The van der Waals surface area contributed by atoms with Crippen molar-refractivity contribution in [2.24, 2.45) is 0 Å². The molecule has 0 unspecified atom stereocenters. The number of fused-ring (bicyclic) bond motifs is 1. The van der Waals surface area contributed by atoms with Crippen LogP contribution in [0.15, 0.2) is 85.1 Å². The highest BCUT2D eigenvalue weighted by atomic mass is 19.1. The fourth-order valence-electron chi connectivity index (χ4n) is 5.18. The minimum absolute atomic E-state index is 0.0104. The molecular weight excluding hydrogens is 465 g/mol. The summed E-state index contributed by atoms with van der Waals surface area (Å²) < 4.78 is 21.4. The third-order valence-electron chi connectivity index (χ3n) is 7.13. The number of nitrogens with zero attached hydrogens (tertiary/aromatic N) is 2. The SMILES string of the molecule is O=C(C[C@@H](c1ccc(F)cc1)c1cn(Cc2ccccc2)c2ccccc12)NCCCN1CCOCC1. The maximum atomic E-state index is 13.8. The molecule has 1 atom stereocenters. The number of nitrogens with one attached hydrogen (secondary N) is 1. The molecule has 192 valence electrons. The van der Waals surface area contributed by atoms with Gasteiger partial charge in [-0.15, -0.1) is 0 Å². The van der Waals surface area contributed by atoms with Crippen LogP contribution in [0, 0.1) is 5.82 Å². The molecule has 1 N–H and O–H groups in total. The number of aromatic nitrogens is 1. The summed E-state index contributed by atoms with van der Waals surface area (Å²) in [4.78, 5) is 15.5. The number of benzene rings is 3. The van der Waals surface area contributed by atoms with E-state index in [9.17, 15) is 9.18 Å². The van der Waals surface area contributed by atoms with Crippen LogP contribution in [0.25, 0.3) is 10.9 Å². The molecule has 1 aliphatic heterocycles. The predicted molar refractivity (Wildman–Crippen MR) is 145 cm³/mol. The van der Waals surface area contributed by atoms with E-state index >= 15 is 0 Å². The van der Waals surface area contributed by atoms with Crippen LogP contribution in [-0.2, 0) is 16.1 Å². The van der Waals surface area contributed by atoms with Crippen LogP contribution in [-0.4, -0.2) is 54.8 Å². The molecule has 1 saturated heterocycles. The second-order valence-electron chi connectivity index (χ2n) is 9.68. The quantitative estimate of drug-likeness (QED) is 0.306. The third kappa shape index (κ3) is 6.45. The standard InChI is InChI=1S/C31H34FN3O2/c32-26-13-11-25(12-14-26)28(21-31(36)33-15-6-16-34-17-19-37-20-18-34)29-23-35(22-24-7-2-1-3-8-24)30-10-5-4-9-27(29)30/h1-5,7-14,23,28H,6,15-22H2,(H,33,36)/t28-/m0/s1. The molecule has 5 nitrogen and oxygen atoms in total. The zero-order valence-electron chi connectivity index (χ0n) is 21.1. The average Bonchev–Trinajstić information content (AvgIpc) is 3.29. The Balaban J connectivity index is 1.36. The van der Waals surface area contributed by atoms with Crippen molar-refractivity contribution in [3.8, 4) is 0 Å². The number of hydrogen-bond acceptors (Lipinski definition) is 3. The van der Waals surface area contributed by atoms with Gasteiger partial charge in [0.2, 0.25) is 5.91 Å². The molecule has 3 aromatic carbocycles. The van der Waals surface area contributed by atoms with Crippen LogP contribution in [0.4, 0.5) is 4.39 Å². The predicted octanol–water partition coefficient (Wildman–Crippen LogP) is 5.19. The highest BCUT2D eigenvalue weighted by Crippen LogP contribution is 2.35. The lowest BCUT2D eigenvalue weighted by atomic mass is 9.88. The van der Waals surface area contributed by atoms with Gasteiger partial charge in [-0.3, -0.25) is 9.69 Å². The minimum Gasteiger partial charge on any atom is -0.379 e. The molecule has 5 rings (SSSR count). The summed E-state index contributed by atoms with van der Waals surface area (Å²) in [6, 6.07) is 25.2. The molecule has 0 saturated carbocycles. The van der Waals surface area contributed by atoms with E-state index in [1.165, 1.54) is 17.7 Å². The lowest BCUT2D eigenvalue weighted by Crippen LogP contribution is -2.38. The van der Waals surface area contributed by atoms with Crippen molar-refractivity contribution in [1.82, 2.24) is 14.8 Å². The van der Waals surface area contributed by atoms with Crippen molar-refractivity contribution in [2.45, 2.75) is 25.3 Å². The summed E-state index contributed by atoms with van der Waals surface area (Å²) in [5.74, 6) is -0.445. The monoisotopic (exact) mass is 499 g/mol. The number of carbonyl (C=O) groups is 1. The van der Waals surface area contributed by atoms with Crippen molar-refractivity contribution >= 4 is 16.8 Å². The number of carbonyl (C=O) groups excluding carboxylic acids is 1. The number of rotatable bonds is 10. The zero-order chi connectivity index (χ0) is 25.5. The van der Waals surface area contributed by atoms with Crippen molar-refractivity contribution < 1.29 is 13.9 Å². The van der Waals surface area contributed by atoms with Crippen molar-refractivity contribution in [2.75, 3.05) is 39.4 Å². The number of morpholine rings is 1. The zero-order valence-corrected chi connectivity index (χ0v) is 21.1. The van der Waals surface area contributed by atoms with Crippen molar-refractivity contribution in [1.29, 1.82) is 0 Å². The summed E-state index contributed by atoms with van der Waals surface area (Å²) in [6.07, 6.45) is 3.38. The van der Waals surface area contributed by atoms with Crippen LogP contribution in [0.2, 0.25) is 0 Å². The molecular formula is C31H34FN3O2. The highest BCUT2D eigenvalue weighted by molar-refractivity contribution is 5.86. The smallest absolute Gasteiger partial charge is 0.220 e. The van der Waals surface area contributed by atoms with Crippen LogP contribution < -0.4 is 5.32 Å². The van der Waals surface area contributed by atoms with Gasteiger partial charge in [0, 0.05) is 55.6 Å². The maximum Gasteiger partial charge on any atom is 0.220 e. The lowest BCUT2D eigenvalue weighted by Gasteiger charge is -2.26. The van der Waals surface area contributed by atoms with Gasteiger partial charge in [-0.1, -0.05) is 60.7 Å². The summed E-state index contributed by atoms with van der Waals surface area (Å²) in [5.41, 5.74) is 4.36. The van der Waals surface area contributed by atoms with E-state index in [0.717, 1.165) is 67.8 Å². The van der Waals surface area contributed by atoms with Crippen molar-refractivity contribution in [3.05, 3.63) is 108 Å². The molecule has 0 aliphatic carbocycles.